The number of nitrogens with zero attached hydrogens (tertiary/aromatic N) is 1. The van der Waals surface area contributed by atoms with E-state index in [0.29, 0.717) is 6.67 Å². The average Bonchev–Trinajstić information content (AvgIpc) is 2.34. The molecule has 3 nitrogen and oxygen atoms in total. The number of hydrogen-bond acceptors (Lipinski definition) is 2. The maximum Gasteiger partial charge on any atom is 0.281 e. The average molecular weight is 135 g/mol. The zero-order chi connectivity index (χ0) is 6.97. The van der Waals surface area contributed by atoms with E-state index in [2.05, 4.69) is 5.32 Å². The summed E-state index contributed by atoms with van der Waals surface area (Å²) in [5, 5.41) is 2.96. The van der Waals surface area contributed by atoms with Gasteiger partial charge in [-0.15, -0.1) is 0 Å². The number of benzene rings is 1. The largest absolute Gasteiger partial charge is 0.321 e. The summed E-state index contributed by atoms with van der Waals surface area (Å²) in [7, 11) is 0. The van der Waals surface area contributed by atoms with Crippen LogP contribution in [-0.4, -0.2) is 11.4 Å². The van der Waals surface area contributed by atoms with Crippen molar-refractivity contribution in [2.45, 2.75) is 0 Å². The van der Waals surface area contributed by atoms with Crippen LogP contribution < -0.4 is 5.32 Å². The van der Waals surface area contributed by atoms with Crippen molar-refractivity contribution in [3.8, 4) is 0 Å². The molecule has 3 heteroatoms. The lowest BCUT2D eigenvalue weighted by molar-refractivity contribution is -0.447. The molecular formula is C7H7N2O+. The fourth-order valence-electron chi connectivity index (χ4n) is 1.08. The second-order valence-electron chi connectivity index (χ2n) is 2.23. The van der Waals surface area contributed by atoms with Gasteiger partial charge in [0, 0.05) is 11.0 Å². The van der Waals surface area contributed by atoms with Crippen molar-refractivity contribution in [2.24, 2.45) is 0 Å². The van der Waals surface area contributed by atoms with Gasteiger partial charge in [-0.3, -0.25) is 0 Å². The van der Waals surface area contributed by atoms with Gasteiger partial charge in [-0.05, 0) is 6.07 Å². The highest BCUT2D eigenvalue weighted by atomic mass is 16.3. The third-order valence-corrected chi connectivity index (χ3v) is 1.59. The van der Waals surface area contributed by atoms with Gasteiger partial charge in [-0.25, -0.2) is 0 Å². The summed E-state index contributed by atoms with van der Waals surface area (Å²) in [4.78, 5) is 10.9. The van der Waals surface area contributed by atoms with E-state index in [0.717, 1.165) is 16.1 Å². The van der Waals surface area contributed by atoms with Crippen molar-refractivity contribution < 1.29 is 4.76 Å². The molecule has 0 bridgehead atoms. The van der Waals surface area contributed by atoms with Crippen LogP contribution in [0.1, 0.15) is 0 Å². The lowest BCUT2D eigenvalue weighted by Crippen LogP contribution is -2.00. The smallest absolute Gasteiger partial charge is 0.281 e. The van der Waals surface area contributed by atoms with Gasteiger partial charge in [0.25, 0.3) is 12.4 Å². The van der Waals surface area contributed by atoms with Gasteiger partial charge in [0.2, 0.25) is 0 Å². The molecule has 0 saturated carbocycles. The van der Waals surface area contributed by atoms with E-state index >= 15 is 0 Å². The molecule has 1 aliphatic heterocycles. The zero-order valence-corrected chi connectivity index (χ0v) is 5.37. The topological polar surface area (TPSA) is 32.1 Å². The Balaban J connectivity index is 2.61. The normalized spacial score (nSPS) is 14.6. The monoisotopic (exact) mass is 135 g/mol. The Labute approximate surface area is 58.2 Å². The van der Waals surface area contributed by atoms with E-state index in [1.165, 1.54) is 0 Å². The molecule has 0 spiro atoms. The van der Waals surface area contributed by atoms with Crippen LogP contribution in [0.25, 0.3) is 0 Å². The van der Waals surface area contributed by atoms with Crippen LogP contribution in [0.3, 0.4) is 0 Å². The minimum Gasteiger partial charge on any atom is -0.321 e. The molecule has 1 heterocycles. The van der Waals surface area contributed by atoms with E-state index < -0.39 is 0 Å². The van der Waals surface area contributed by atoms with Gasteiger partial charge < -0.3 is 5.32 Å². The predicted molar refractivity (Wildman–Crippen MR) is 38.2 cm³/mol. The van der Waals surface area contributed by atoms with Crippen molar-refractivity contribution in [3.63, 3.8) is 0 Å². The summed E-state index contributed by atoms with van der Waals surface area (Å²) in [6.45, 7) is 0.374. The Hall–Kier alpha value is -1.38. The first kappa shape index (κ1) is 5.41. The quantitative estimate of drug-likeness (QED) is 0.546. The molecule has 0 atom stereocenters. The molecule has 1 aromatic rings. The molecule has 0 fully saturated rings. The second kappa shape index (κ2) is 1.80. The predicted octanol–water partition coefficient (Wildman–Crippen LogP) is 1.48. The van der Waals surface area contributed by atoms with E-state index in [1.807, 2.05) is 24.3 Å². The van der Waals surface area contributed by atoms with Crippen LogP contribution in [-0.2, 0) is 0 Å². The molecule has 10 heavy (non-hydrogen) atoms. The number of fused-ring (bicyclic) bond motifs is 1. The van der Waals surface area contributed by atoms with E-state index in [9.17, 15) is 4.91 Å². The van der Waals surface area contributed by atoms with Crippen molar-refractivity contribution in [2.75, 3.05) is 12.0 Å². The maximum absolute atomic E-state index is 10.9. The van der Waals surface area contributed by atoms with E-state index in [1.54, 1.807) is 0 Å². The number of nitrogens with one attached hydrogen (secondary N) is 1. The first-order chi connectivity index (χ1) is 4.88. The second-order valence-corrected chi connectivity index (χ2v) is 2.23. The Morgan fingerprint density at radius 1 is 1.40 bits per heavy atom. The summed E-state index contributed by atoms with van der Waals surface area (Å²) in [6, 6.07) is 7.47. The molecule has 0 amide bonds. The van der Waals surface area contributed by atoms with Gasteiger partial charge in [0.05, 0.1) is 4.76 Å². The molecule has 1 N–H and O–H groups in total. The molecule has 2 rings (SSSR count). The lowest BCUT2D eigenvalue weighted by Gasteiger charge is -1.85. The van der Waals surface area contributed by atoms with Crippen LogP contribution in [0, 0.1) is 4.91 Å². The van der Waals surface area contributed by atoms with Crippen LogP contribution >= 0.6 is 0 Å². The van der Waals surface area contributed by atoms with Gasteiger partial charge in [0.1, 0.15) is 5.69 Å². The highest BCUT2D eigenvalue weighted by Crippen LogP contribution is 2.27. The van der Waals surface area contributed by atoms with Crippen LogP contribution in [0.15, 0.2) is 24.3 Å². The van der Waals surface area contributed by atoms with Gasteiger partial charge in [-0.1, -0.05) is 12.1 Å². The van der Waals surface area contributed by atoms with Crippen molar-refractivity contribution in [1.82, 2.24) is 0 Å². The minimum atomic E-state index is 0.374. The van der Waals surface area contributed by atoms with Crippen LogP contribution in [0.4, 0.5) is 11.4 Å². The third kappa shape index (κ3) is 0.603. The number of rotatable bonds is 0. The van der Waals surface area contributed by atoms with Crippen molar-refractivity contribution >= 4 is 11.4 Å². The minimum absolute atomic E-state index is 0.374. The summed E-state index contributed by atoms with van der Waals surface area (Å²) in [5.74, 6) is 0. The molecule has 0 unspecified atom stereocenters. The molecule has 1 aliphatic rings. The van der Waals surface area contributed by atoms with Gasteiger partial charge in [0.15, 0.2) is 0 Å². The molecule has 0 radical (unpaired) electrons. The Morgan fingerprint density at radius 3 is 3.00 bits per heavy atom. The first-order valence-corrected chi connectivity index (χ1v) is 3.15. The van der Waals surface area contributed by atoms with Gasteiger partial charge in [-0.2, -0.15) is 0 Å². The maximum atomic E-state index is 10.9. The van der Waals surface area contributed by atoms with E-state index in [4.69, 9.17) is 0 Å². The molecular weight excluding hydrogens is 128 g/mol. The Morgan fingerprint density at radius 2 is 2.20 bits per heavy atom. The molecule has 0 aliphatic carbocycles. The van der Waals surface area contributed by atoms with Gasteiger partial charge >= 0.3 is 0 Å². The highest BCUT2D eigenvalue weighted by molar-refractivity contribution is 5.62. The SMILES string of the molecule is O=[N+]1CNc2ccccc21. The fraction of sp³-hybridized carbons (Fsp3) is 0.143. The van der Waals surface area contributed by atoms with E-state index in [-0.39, 0.29) is 0 Å². The number of para-hydroxylation sites is 2. The summed E-state index contributed by atoms with van der Waals surface area (Å²) < 4.78 is 0.940. The van der Waals surface area contributed by atoms with Crippen molar-refractivity contribution in [1.29, 1.82) is 0 Å². The summed E-state index contributed by atoms with van der Waals surface area (Å²) >= 11 is 0. The Bertz CT molecular complexity index is 283. The molecule has 0 saturated heterocycles. The summed E-state index contributed by atoms with van der Waals surface area (Å²) in [5.41, 5.74) is 1.67. The standard InChI is InChI=1S/C7H7N2O/c10-9-5-8-6-3-1-2-4-7(6)9/h1-4,8H,5H2/q+1. The summed E-state index contributed by atoms with van der Waals surface area (Å²) in [6.07, 6.45) is 0. The Kier molecular flexibility index (Phi) is 0.974. The van der Waals surface area contributed by atoms with Crippen LogP contribution in [0.5, 0.6) is 0 Å². The fourth-order valence-corrected chi connectivity index (χ4v) is 1.08. The number of nitroso groups, excluding NO2 is 1. The third-order valence-electron chi connectivity index (χ3n) is 1.59. The number of anilines is 1. The highest BCUT2D eigenvalue weighted by Gasteiger charge is 2.24. The molecule has 0 aromatic heterocycles. The van der Waals surface area contributed by atoms with Crippen LogP contribution in [0.2, 0.25) is 0 Å². The zero-order valence-electron chi connectivity index (χ0n) is 5.37. The first-order valence-electron chi connectivity index (χ1n) is 3.15. The molecule has 50 valence electrons. The van der Waals surface area contributed by atoms with Crippen molar-refractivity contribution in [3.05, 3.63) is 29.2 Å². The molecule has 1 aromatic carbocycles. The lowest BCUT2D eigenvalue weighted by atomic mass is 10.3. The number of hydrogen-bond donors (Lipinski definition) is 1.